The third kappa shape index (κ3) is 1.88. The highest BCUT2D eigenvalue weighted by atomic mass is 35.5. The molecule has 1 N–H and O–H groups in total. The molecule has 0 fully saturated rings. The van der Waals surface area contributed by atoms with E-state index in [1.54, 1.807) is 6.92 Å². The van der Waals surface area contributed by atoms with Gasteiger partial charge in [-0.15, -0.1) is 0 Å². The van der Waals surface area contributed by atoms with Gasteiger partial charge in [-0.25, -0.2) is 9.97 Å². The van der Waals surface area contributed by atoms with Crippen LogP contribution in [0.5, 0.6) is 0 Å². The van der Waals surface area contributed by atoms with Crippen molar-refractivity contribution in [2.75, 3.05) is 5.32 Å². The Kier molecular flexibility index (Phi) is 2.38. The fraction of sp³-hybridized carbons (Fsp3) is 0.167. The van der Waals surface area contributed by atoms with Crippen LogP contribution in [0, 0.1) is 6.92 Å². The van der Waals surface area contributed by atoms with E-state index < -0.39 is 0 Å². The predicted molar refractivity (Wildman–Crippen MR) is 41.5 cm³/mol. The highest BCUT2D eigenvalue weighted by molar-refractivity contribution is 6.28. The van der Waals surface area contributed by atoms with Crippen molar-refractivity contribution >= 4 is 23.7 Å². The topological polar surface area (TPSA) is 54.9 Å². The number of anilines is 1. The number of amides is 1. The van der Waals surface area contributed by atoms with Crippen LogP contribution in [-0.2, 0) is 4.79 Å². The number of aryl methyl sites for hydroxylation is 1. The molecule has 1 rings (SSSR count). The van der Waals surface area contributed by atoms with Crippen LogP contribution >= 0.6 is 11.6 Å². The molecule has 58 valence electrons. The Morgan fingerprint density at radius 3 is 3.00 bits per heavy atom. The number of aromatic nitrogens is 2. The lowest BCUT2D eigenvalue weighted by atomic mass is 10.4. The molecular weight excluding hydrogens is 166 g/mol. The molecule has 0 aliphatic carbocycles. The molecule has 0 aliphatic rings. The average Bonchev–Trinajstić information content (AvgIpc) is 1.95. The minimum absolute atomic E-state index is 0.180. The molecule has 11 heavy (non-hydrogen) atoms. The fourth-order valence-corrected chi connectivity index (χ4v) is 0.819. The summed E-state index contributed by atoms with van der Waals surface area (Å²) in [5.74, 6) is 0. The first-order valence-corrected chi connectivity index (χ1v) is 3.31. The second-order valence-electron chi connectivity index (χ2n) is 1.90. The molecule has 1 amide bonds. The van der Waals surface area contributed by atoms with E-state index in [4.69, 9.17) is 11.6 Å². The molecule has 0 saturated carbocycles. The fourth-order valence-electron chi connectivity index (χ4n) is 0.644. The van der Waals surface area contributed by atoms with Crippen LogP contribution in [0.1, 0.15) is 5.69 Å². The largest absolute Gasteiger partial charge is 0.326 e. The molecule has 1 aromatic heterocycles. The summed E-state index contributed by atoms with van der Waals surface area (Å²) in [6.07, 6.45) is 2.03. The maximum Gasteiger partial charge on any atom is 0.222 e. The Morgan fingerprint density at radius 2 is 2.45 bits per heavy atom. The standard InChI is InChI=1S/C6H6ClN3O/c1-4-5(9-3-11)2-8-6(7)10-4/h2-3H,1H3,(H,9,11). The van der Waals surface area contributed by atoms with Gasteiger partial charge in [0.1, 0.15) is 0 Å². The monoisotopic (exact) mass is 171 g/mol. The lowest BCUT2D eigenvalue weighted by molar-refractivity contribution is -0.105. The lowest BCUT2D eigenvalue weighted by Crippen LogP contribution is -1.99. The van der Waals surface area contributed by atoms with Crippen molar-refractivity contribution in [2.24, 2.45) is 0 Å². The summed E-state index contributed by atoms with van der Waals surface area (Å²) < 4.78 is 0. The van der Waals surface area contributed by atoms with Crippen LogP contribution in [0.25, 0.3) is 0 Å². The molecule has 0 aromatic carbocycles. The molecule has 0 bridgehead atoms. The van der Waals surface area contributed by atoms with Crippen LogP contribution in [0.3, 0.4) is 0 Å². The molecule has 1 aromatic rings. The number of carbonyl (C=O) groups is 1. The Morgan fingerprint density at radius 1 is 1.73 bits per heavy atom. The summed E-state index contributed by atoms with van der Waals surface area (Å²) >= 11 is 5.48. The molecular formula is C6H6ClN3O. The molecule has 0 unspecified atom stereocenters. The number of halogens is 1. The molecule has 0 atom stereocenters. The first kappa shape index (κ1) is 7.94. The average molecular weight is 172 g/mol. The van der Waals surface area contributed by atoms with Crippen molar-refractivity contribution in [2.45, 2.75) is 6.92 Å². The maximum atomic E-state index is 10.0. The van der Waals surface area contributed by atoms with Gasteiger partial charge in [0.2, 0.25) is 11.7 Å². The number of nitrogens with zero attached hydrogens (tertiary/aromatic N) is 2. The first-order valence-electron chi connectivity index (χ1n) is 2.93. The smallest absolute Gasteiger partial charge is 0.222 e. The normalized spacial score (nSPS) is 9.27. The number of nitrogens with one attached hydrogen (secondary N) is 1. The van der Waals surface area contributed by atoms with E-state index in [1.807, 2.05) is 0 Å². The van der Waals surface area contributed by atoms with Crippen LogP contribution in [0.4, 0.5) is 5.69 Å². The zero-order chi connectivity index (χ0) is 8.27. The third-order valence-corrected chi connectivity index (χ3v) is 1.35. The Hall–Kier alpha value is -1.16. The van der Waals surface area contributed by atoms with Gasteiger partial charge in [0, 0.05) is 0 Å². The van der Waals surface area contributed by atoms with Gasteiger partial charge in [-0.2, -0.15) is 0 Å². The maximum absolute atomic E-state index is 10.0. The van der Waals surface area contributed by atoms with Gasteiger partial charge in [0.05, 0.1) is 17.6 Å². The number of hydrogen-bond acceptors (Lipinski definition) is 3. The van der Waals surface area contributed by atoms with Gasteiger partial charge in [-0.05, 0) is 18.5 Å². The molecule has 0 spiro atoms. The van der Waals surface area contributed by atoms with E-state index in [0.29, 0.717) is 17.8 Å². The quantitative estimate of drug-likeness (QED) is 0.534. The number of carbonyl (C=O) groups excluding carboxylic acids is 1. The lowest BCUT2D eigenvalue weighted by Gasteiger charge is -2.00. The van der Waals surface area contributed by atoms with Crippen molar-refractivity contribution in [1.82, 2.24) is 9.97 Å². The van der Waals surface area contributed by atoms with Gasteiger partial charge in [-0.3, -0.25) is 4.79 Å². The summed E-state index contributed by atoms with van der Waals surface area (Å²) in [6.45, 7) is 1.74. The zero-order valence-electron chi connectivity index (χ0n) is 5.84. The summed E-state index contributed by atoms with van der Waals surface area (Å²) in [6, 6.07) is 0. The second-order valence-corrected chi connectivity index (χ2v) is 2.24. The molecule has 5 heteroatoms. The van der Waals surface area contributed by atoms with Gasteiger partial charge in [0.15, 0.2) is 0 Å². The SMILES string of the molecule is Cc1nc(Cl)ncc1NC=O. The highest BCUT2D eigenvalue weighted by Gasteiger charge is 1.98. The van der Waals surface area contributed by atoms with Gasteiger partial charge in [-0.1, -0.05) is 0 Å². The third-order valence-electron chi connectivity index (χ3n) is 1.16. The highest BCUT2D eigenvalue weighted by Crippen LogP contribution is 2.11. The first-order chi connectivity index (χ1) is 5.24. The van der Waals surface area contributed by atoms with Crippen LogP contribution < -0.4 is 5.32 Å². The Bertz CT molecular complexity index is 277. The van der Waals surface area contributed by atoms with E-state index in [0.717, 1.165) is 0 Å². The van der Waals surface area contributed by atoms with Crippen molar-refractivity contribution in [3.8, 4) is 0 Å². The predicted octanol–water partition coefficient (Wildman–Crippen LogP) is 1.01. The van der Waals surface area contributed by atoms with E-state index in [9.17, 15) is 4.79 Å². The van der Waals surface area contributed by atoms with E-state index in [2.05, 4.69) is 15.3 Å². The molecule has 4 nitrogen and oxygen atoms in total. The van der Waals surface area contributed by atoms with Crippen LogP contribution in [0.2, 0.25) is 5.28 Å². The van der Waals surface area contributed by atoms with E-state index >= 15 is 0 Å². The Balaban J connectivity index is 2.98. The molecule has 1 heterocycles. The summed E-state index contributed by atoms with van der Waals surface area (Å²) in [4.78, 5) is 17.5. The van der Waals surface area contributed by atoms with Gasteiger partial charge < -0.3 is 5.32 Å². The zero-order valence-corrected chi connectivity index (χ0v) is 6.59. The molecule has 0 saturated heterocycles. The number of rotatable bonds is 2. The molecule has 0 radical (unpaired) electrons. The van der Waals surface area contributed by atoms with Crippen molar-refractivity contribution in [3.05, 3.63) is 17.2 Å². The van der Waals surface area contributed by atoms with E-state index in [-0.39, 0.29) is 5.28 Å². The van der Waals surface area contributed by atoms with Crippen molar-refractivity contribution < 1.29 is 4.79 Å². The summed E-state index contributed by atoms with van der Waals surface area (Å²) in [7, 11) is 0. The van der Waals surface area contributed by atoms with Crippen LogP contribution in [0.15, 0.2) is 6.20 Å². The summed E-state index contributed by atoms with van der Waals surface area (Å²) in [5, 5.41) is 2.62. The van der Waals surface area contributed by atoms with Gasteiger partial charge >= 0.3 is 0 Å². The minimum Gasteiger partial charge on any atom is -0.326 e. The van der Waals surface area contributed by atoms with Crippen molar-refractivity contribution in [3.63, 3.8) is 0 Å². The van der Waals surface area contributed by atoms with Gasteiger partial charge in [0.25, 0.3) is 0 Å². The van der Waals surface area contributed by atoms with Crippen LogP contribution in [-0.4, -0.2) is 16.4 Å². The number of hydrogen-bond donors (Lipinski definition) is 1. The molecule has 0 aliphatic heterocycles. The van der Waals surface area contributed by atoms with E-state index in [1.165, 1.54) is 6.20 Å². The second kappa shape index (κ2) is 3.30. The summed E-state index contributed by atoms with van der Waals surface area (Å²) in [5.41, 5.74) is 1.22. The Labute approximate surface area is 68.6 Å². The van der Waals surface area contributed by atoms with Crippen molar-refractivity contribution in [1.29, 1.82) is 0 Å². The minimum atomic E-state index is 0.180.